The van der Waals surface area contributed by atoms with Gasteiger partial charge in [-0.05, 0) is 48.7 Å². The van der Waals surface area contributed by atoms with Gasteiger partial charge in [0.05, 0.1) is 19.3 Å². The number of aryl methyl sites for hydroxylation is 2. The van der Waals surface area contributed by atoms with Crippen LogP contribution in [0.1, 0.15) is 33.5 Å². The summed E-state index contributed by atoms with van der Waals surface area (Å²) in [6, 6.07) is 15.6. The molecule has 0 fully saturated rings. The lowest BCUT2D eigenvalue weighted by Gasteiger charge is -2.27. The Morgan fingerprint density at radius 3 is 2.84 bits per heavy atom. The summed E-state index contributed by atoms with van der Waals surface area (Å²) < 4.78 is 1.85. The quantitative estimate of drug-likeness (QED) is 0.493. The van der Waals surface area contributed by atoms with Gasteiger partial charge in [-0.3, -0.25) is 14.5 Å². The number of anilines is 1. The SMILES string of the molecule is Cc1ccc2[nH]cc(CCNC(=O)c3ccc(CN4C(=O)CCn5nccc54)cc3)c2c1. The van der Waals surface area contributed by atoms with Gasteiger partial charge in [0, 0.05) is 41.7 Å². The molecule has 2 amide bonds. The summed E-state index contributed by atoms with van der Waals surface area (Å²) in [6.07, 6.45) is 4.94. The average molecular weight is 428 g/mol. The van der Waals surface area contributed by atoms with E-state index in [1.165, 1.54) is 16.5 Å². The molecular formula is C25H25N5O2. The van der Waals surface area contributed by atoms with Crippen molar-refractivity contribution in [1.82, 2.24) is 20.1 Å². The first-order valence-corrected chi connectivity index (χ1v) is 10.8. The number of rotatable bonds is 6. The highest BCUT2D eigenvalue weighted by Crippen LogP contribution is 2.23. The number of benzene rings is 2. The van der Waals surface area contributed by atoms with Crippen molar-refractivity contribution in [2.75, 3.05) is 11.4 Å². The number of H-pyrrole nitrogens is 1. The number of aromatic amines is 1. The summed E-state index contributed by atoms with van der Waals surface area (Å²) in [4.78, 5) is 30.0. The van der Waals surface area contributed by atoms with Crippen LogP contribution in [-0.2, 0) is 24.3 Å². The number of fused-ring (bicyclic) bond motifs is 2. The van der Waals surface area contributed by atoms with Crippen LogP contribution in [-0.4, -0.2) is 33.1 Å². The molecule has 0 saturated carbocycles. The van der Waals surface area contributed by atoms with Gasteiger partial charge in [0.25, 0.3) is 5.91 Å². The summed E-state index contributed by atoms with van der Waals surface area (Å²) in [6.45, 7) is 3.73. The van der Waals surface area contributed by atoms with E-state index in [2.05, 4.69) is 40.5 Å². The van der Waals surface area contributed by atoms with Crippen LogP contribution in [0.2, 0.25) is 0 Å². The number of hydrogen-bond acceptors (Lipinski definition) is 3. The number of amides is 2. The Hall–Kier alpha value is -3.87. The predicted molar refractivity (Wildman–Crippen MR) is 124 cm³/mol. The van der Waals surface area contributed by atoms with Crippen molar-refractivity contribution in [2.24, 2.45) is 0 Å². The Labute approximate surface area is 186 Å². The van der Waals surface area contributed by atoms with E-state index in [0.29, 0.717) is 31.6 Å². The maximum absolute atomic E-state index is 12.6. The van der Waals surface area contributed by atoms with Crippen molar-refractivity contribution in [3.63, 3.8) is 0 Å². The first-order valence-electron chi connectivity index (χ1n) is 10.8. The molecule has 0 aliphatic carbocycles. The van der Waals surface area contributed by atoms with E-state index in [0.717, 1.165) is 23.3 Å². The van der Waals surface area contributed by atoms with E-state index in [9.17, 15) is 9.59 Å². The van der Waals surface area contributed by atoms with Gasteiger partial charge >= 0.3 is 0 Å². The second-order valence-electron chi connectivity index (χ2n) is 8.21. The molecule has 0 bridgehead atoms. The Bertz CT molecular complexity index is 1290. The molecular weight excluding hydrogens is 402 g/mol. The van der Waals surface area contributed by atoms with Crippen LogP contribution >= 0.6 is 0 Å². The van der Waals surface area contributed by atoms with Crippen molar-refractivity contribution in [2.45, 2.75) is 32.9 Å². The highest BCUT2D eigenvalue weighted by atomic mass is 16.2. The number of carbonyl (C=O) groups excluding carboxylic acids is 2. The standard InChI is InChI=1S/C25H25N5O2/c1-17-2-7-22-21(14-17)20(15-27-22)8-11-26-25(32)19-5-3-18(4-6-19)16-29-23-9-12-28-30(23)13-10-24(29)31/h2-7,9,12,14-15,27H,8,10-11,13,16H2,1H3,(H,26,32). The van der Waals surface area contributed by atoms with Crippen LogP contribution in [0.15, 0.2) is 60.9 Å². The topological polar surface area (TPSA) is 83.0 Å². The van der Waals surface area contributed by atoms with Gasteiger partial charge in [-0.15, -0.1) is 0 Å². The zero-order valence-corrected chi connectivity index (χ0v) is 18.0. The lowest BCUT2D eigenvalue weighted by atomic mass is 10.1. The first-order chi connectivity index (χ1) is 15.6. The molecule has 32 heavy (non-hydrogen) atoms. The summed E-state index contributed by atoms with van der Waals surface area (Å²) in [5, 5.41) is 8.47. The third-order valence-corrected chi connectivity index (χ3v) is 5.97. The van der Waals surface area contributed by atoms with E-state index >= 15 is 0 Å². The number of nitrogens with zero attached hydrogens (tertiary/aromatic N) is 3. The molecule has 0 saturated heterocycles. The monoisotopic (exact) mass is 427 g/mol. The summed E-state index contributed by atoms with van der Waals surface area (Å²) in [5.74, 6) is 0.808. The van der Waals surface area contributed by atoms with Crippen molar-refractivity contribution in [3.05, 3.63) is 83.2 Å². The van der Waals surface area contributed by atoms with E-state index in [1.54, 1.807) is 11.1 Å². The maximum atomic E-state index is 12.6. The van der Waals surface area contributed by atoms with Crippen LogP contribution in [0.4, 0.5) is 5.82 Å². The number of hydrogen-bond donors (Lipinski definition) is 2. The Morgan fingerprint density at radius 2 is 2.00 bits per heavy atom. The van der Waals surface area contributed by atoms with Gasteiger partial charge in [0.15, 0.2) is 0 Å². The fourth-order valence-corrected chi connectivity index (χ4v) is 4.22. The largest absolute Gasteiger partial charge is 0.361 e. The fraction of sp³-hybridized carbons (Fsp3) is 0.240. The smallest absolute Gasteiger partial charge is 0.251 e. The van der Waals surface area contributed by atoms with Crippen LogP contribution in [0.3, 0.4) is 0 Å². The van der Waals surface area contributed by atoms with Crippen LogP contribution in [0, 0.1) is 6.92 Å². The summed E-state index contributed by atoms with van der Waals surface area (Å²) in [5.41, 5.74) is 5.11. The minimum Gasteiger partial charge on any atom is -0.361 e. The van der Waals surface area contributed by atoms with Crippen LogP contribution < -0.4 is 10.2 Å². The van der Waals surface area contributed by atoms with E-state index in [1.807, 2.05) is 41.2 Å². The minimum absolute atomic E-state index is 0.0901. The molecule has 1 aliphatic rings. The van der Waals surface area contributed by atoms with Gasteiger partial charge in [-0.2, -0.15) is 5.10 Å². The fourth-order valence-electron chi connectivity index (χ4n) is 4.22. The van der Waals surface area contributed by atoms with Crippen molar-refractivity contribution in [1.29, 1.82) is 0 Å². The second kappa shape index (κ2) is 8.34. The molecule has 3 heterocycles. The number of carbonyl (C=O) groups is 2. The second-order valence-corrected chi connectivity index (χ2v) is 8.21. The normalized spacial score (nSPS) is 13.4. The van der Waals surface area contributed by atoms with E-state index < -0.39 is 0 Å². The predicted octanol–water partition coefficient (Wildman–Crippen LogP) is 3.58. The molecule has 2 aromatic carbocycles. The molecule has 2 aromatic heterocycles. The van der Waals surface area contributed by atoms with Gasteiger partial charge < -0.3 is 10.3 Å². The molecule has 0 atom stereocenters. The molecule has 4 aromatic rings. The van der Waals surface area contributed by atoms with Crippen molar-refractivity contribution >= 4 is 28.5 Å². The highest BCUT2D eigenvalue weighted by molar-refractivity contribution is 5.95. The Morgan fingerprint density at radius 1 is 1.16 bits per heavy atom. The van der Waals surface area contributed by atoms with Crippen molar-refractivity contribution < 1.29 is 9.59 Å². The third-order valence-electron chi connectivity index (χ3n) is 5.97. The molecule has 2 N–H and O–H groups in total. The van der Waals surface area contributed by atoms with Gasteiger partial charge in [0.2, 0.25) is 5.91 Å². The molecule has 1 aliphatic heterocycles. The Kier molecular flexibility index (Phi) is 5.23. The zero-order valence-electron chi connectivity index (χ0n) is 18.0. The first kappa shape index (κ1) is 20.1. The highest BCUT2D eigenvalue weighted by Gasteiger charge is 2.24. The molecule has 162 valence electrons. The molecule has 5 rings (SSSR count). The molecule has 7 nitrogen and oxygen atoms in total. The van der Waals surface area contributed by atoms with E-state index in [-0.39, 0.29) is 11.8 Å². The average Bonchev–Trinajstić information content (AvgIpc) is 3.43. The maximum Gasteiger partial charge on any atom is 0.251 e. The van der Waals surface area contributed by atoms with Crippen molar-refractivity contribution in [3.8, 4) is 0 Å². The van der Waals surface area contributed by atoms with Gasteiger partial charge in [-0.1, -0.05) is 23.8 Å². The lowest BCUT2D eigenvalue weighted by molar-refractivity contribution is -0.119. The van der Waals surface area contributed by atoms with Gasteiger partial charge in [-0.25, -0.2) is 4.68 Å². The molecule has 0 radical (unpaired) electrons. The minimum atomic E-state index is -0.0975. The number of aromatic nitrogens is 3. The zero-order chi connectivity index (χ0) is 22.1. The molecule has 0 unspecified atom stereocenters. The molecule has 7 heteroatoms. The Balaban J connectivity index is 1.19. The summed E-state index contributed by atoms with van der Waals surface area (Å²) in [7, 11) is 0. The van der Waals surface area contributed by atoms with E-state index in [4.69, 9.17) is 0 Å². The third kappa shape index (κ3) is 3.89. The lowest BCUT2D eigenvalue weighted by Crippen LogP contribution is -2.36. The number of nitrogens with one attached hydrogen (secondary N) is 2. The molecule has 0 spiro atoms. The van der Waals surface area contributed by atoms with Crippen LogP contribution in [0.25, 0.3) is 10.9 Å². The summed E-state index contributed by atoms with van der Waals surface area (Å²) >= 11 is 0. The van der Waals surface area contributed by atoms with Gasteiger partial charge in [0.1, 0.15) is 5.82 Å². The van der Waals surface area contributed by atoms with Crippen LogP contribution in [0.5, 0.6) is 0 Å².